The van der Waals surface area contributed by atoms with Crippen LogP contribution in [0.1, 0.15) is 64.1 Å². The van der Waals surface area contributed by atoms with Gasteiger partial charge in [0.1, 0.15) is 0 Å². The van der Waals surface area contributed by atoms with E-state index in [0.29, 0.717) is 17.0 Å². The molecular formula is C35H35F4IrN8. The molecule has 6 aromatic rings. The van der Waals surface area contributed by atoms with Crippen LogP contribution in [0.2, 0.25) is 0 Å². The van der Waals surface area contributed by atoms with E-state index in [1.54, 1.807) is 46.3 Å². The second kappa shape index (κ2) is 16.6. The first-order chi connectivity index (χ1) is 22.2. The number of aromatic nitrogens is 8. The van der Waals surface area contributed by atoms with Gasteiger partial charge >= 0.3 is 20.1 Å². The fourth-order valence-corrected chi connectivity index (χ4v) is 3.99. The molecule has 0 bridgehead atoms. The van der Waals surface area contributed by atoms with Gasteiger partial charge in [0.2, 0.25) is 0 Å². The Balaban J connectivity index is 0.000000197. The third-order valence-electron chi connectivity index (χ3n) is 6.61. The Morgan fingerprint density at radius 3 is 1.65 bits per heavy atom. The van der Waals surface area contributed by atoms with Crippen LogP contribution in [0.25, 0.3) is 11.5 Å². The van der Waals surface area contributed by atoms with E-state index in [1.807, 2.05) is 18.3 Å². The van der Waals surface area contributed by atoms with Gasteiger partial charge in [0, 0.05) is 78.6 Å². The zero-order valence-corrected chi connectivity index (χ0v) is 29.7. The second-order valence-electron chi connectivity index (χ2n) is 12.6. The Bertz CT molecular complexity index is 1770. The zero-order chi connectivity index (χ0) is 34.2. The second-order valence-corrected chi connectivity index (χ2v) is 12.6. The van der Waals surface area contributed by atoms with Gasteiger partial charge in [-0.3, -0.25) is 37.0 Å². The Labute approximate surface area is 291 Å². The van der Waals surface area contributed by atoms with E-state index < -0.39 is 23.3 Å². The van der Waals surface area contributed by atoms with E-state index in [4.69, 9.17) is 0 Å². The van der Waals surface area contributed by atoms with Gasteiger partial charge in [0.25, 0.3) is 0 Å². The van der Waals surface area contributed by atoms with Gasteiger partial charge < -0.3 is 10.1 Å². The molecule has 0 fully saturated rings. The summed E-state index contributed by atoms with van der Waals surface area (Å²) < 4.78 is 54.4. The smallest absolute Gasteiger partial charge is 0.420 e. The van der Waals surface area contributed by atoms with Gasteiger partial charge in [0.05, 0.1) is 5.69 Å². The predicted octanol–water partition coefficient (Wildman–Crippen LogP) is 7.11. The molecule has 2 aromatic carbocycles. The van der Waals surface area contributed by atoms with Crippen molar-refractivity contribution in [2.24, 2.45) is 0 Å². The fourth-order valence-electron chi connectivity index (χ4n) is 3.99. The molecule has 0 saturated carbocycles. The number of hydrogen-bond acceptors (Lipinski definition) is 5. The van der Waals surface area contributed by atoms with Crippen molar-refractivity contribution in [3.8, 4) is 11.5 Å². The standard InChI is InChI=1S/C15H21N4.2C10H7F2N2.Ir/c1-14(2,3)10-7-8-16-11(9-10)12-17-13(19-18-12)15(4,5)6;2*11-9-3-2-8(10(12)6-9)7-14-5-1-4-13-14;/h7-9H,1-6H3;2*1,3-6H,7H2;/q3*-1;+3. The summed E-state index contributed by atoms with van der Waals surface area (Å²) in [4.78, 5) is 8.84. The molecule has 8 nitrogen and oxygen atoms in total. The molecule has 13 heteroatoms. The molecule has 0 radical (unpaired) electrons. The van der Waals surface area contributed by atoms with Crippen molar-refractivity contribution >= 4 is 0 Å². The molecule has 4 aromatic heterocycles. The SMILES string of the molecule is CC(C)(C)c1ccnc(-c2nc(C(C)(C)C)n[n-]2)c1.Fc1c[c-]c(Cn2cccn2)c(F)c1.Fc1c[c-]c(Cn2cccn2)c(F)c1.[Ir+3]. The fraction of sp³-hybridized carbons (Fsp3) is 0.286. The Hall–Kier alpha value is -4.48. The molecule has 0 atom stereocenters. The summed E-state index contributed by atoms with van der Waals surface area (Å²) in [6.45, 7) is 13.3. The van der Waals surface area contributed by atoms with Gasteiger partial charge in [-0.1, -0.05) is 41.5 Å². The number of rotatable bonds is 5. The first kappa shape index (κ1) is 38.0. The topological polar surface area (TPSA) is 88.4 Å². The summed E-state index contributed by atoms with van der Waals surface area (Å²) >= 11 is 0. The van der Waals surface area contributed by atoms with Gasteiger partial charge in [-0.15, -0.1) is 35.4 Å². The maximum absolute atomic E-state index is 13.1. The number of benzene rings is 2. The first-order valence-corrected chi connectivity index (χ1v) is 14.7. The molecule has 0 aliphatic carbocycles. The minimum absolute atomic E-state index is 0. The van der Waals surface area contributed by atoms with E-state index in [0.717, 1.165) is 35.8 Å². The number of pyridine rings is 1. The van der Waals surface area contributed by atoms with Crippen LogP contribution in [0.4, 0.5) is 17.6 Å². The summed E-state index contributed by atoms with van der Waals surface area (Å²) in [7, 11) is 0. The Kier molecular flexibility index (Phi) is 13.1. The average molecular weight is 836 g/mol. The molecule has 6 rings (SSSR count). The molecule has 4 heterocycles. The van der Waals surface area contributed by atoms with Crippen molar-refractivity contribution in [1.82, 2.24) is 39.7 Å². The molecule has 0 unspecified atom stereocenters. The van der Waals surface area contributed by atoms with Crippen molar-refractivity contribution < 1.29 is 37.7 Å². The van der Waals surface area contributed by atoms with Crippen molar-refractivity contribution in [2.45, 2.75) is 65.5 Å². The molecule has 0 aliphatic rings. The summed E-state index contributed by atoms with van der Waals surface area (Å²) in [5.41, 5.74) is 2.61. The van der Waals surface area contributed by atoms with E-state index in [2.05, 4.69) is 84.0 Å². The van der Waals surface area contributed by atoms with Gasteiger partial charge in [-0.05, 0) is 41.1 Å². The zero-order valence-electron chi connectivity index (χ0n) is 27.3. The van der Waals surface area contributed by atoms with Crippen LogP contribution >= 0.6 is 0 Å². The third kappa shape index (κ3) is 11.1. The van der Waals surface area contributed by atoms with Crippen LogP contribution in [0.5, 0.6) is 0 Å². The molecule has 48 heavy (non-hydrogen) atoms. The molecule has 0 amide bonds. The van der Waals surface area contributed by atoms with Crippen LogP contribution in [-0.2, 0) is 44.0 Å². The monoisotopic (exact) mass is 836 g/mol. The van der Waals surface area contributed by atoms with E-state index in [9.17, 15) is 17.6 Å². The van der Waals surface area contributed by atoms with E-state index in [1.165, 1.54) is 5.56 Å². The molecular weight excluding hydrogens is 801 g/mol. The molecule has 252 valence electrons. The molecule has 0 saturated heterocycles. The van der Waals surface area contributed by atoms with Crippen LogP contribution in [-0.4, -0.2) is 34.6 Å². The number of halogens is 4. The minimum Gasteiger partial charge on any atom is -0.420 e. The van der Waals surface area contributed by atoms with Crippen LogP contribution in [0.15, 0.2) is 79.5 Å². The summed E-state index contributed by atoms with van der Waals surface area (Å²) in [6.07, 6.45) is 8.42. The van der Waals surface area contributed by atoms with E-state index >= 15 is 0 Å². The predicted molar refractivity (Wildman–Crippen MR) is 169 cm³/mol. The van der Waals surface area contributed by atoms with Crippen LogP contribution < -0.4 is 5.10 Å². The molecule has 0 spiro atoms. The Morgan fingerprint density at radius 1 is 0.729 bits per heavy atom. The maximum atomic E-state index is 13.1. The number of nitrogens with zero attached hydrogens (tertiary/aromatic N) is 8. The van der Waals surface area contributed by atoms with Crippen LogP contribution in [0, 0.1) is 35.4 Å². The average Bonchev–Trinajstić information content (AvgIpc) is 3.80. The quantitative estimate of drug-likeness (QED) is 0.136. The largest absolute Gasteiger partial charge is 3.00 e. The molecule has 0 aliphatic heterocycles. The van der Waals surface area contributed by atoms with Crippen LogP contribution in [0.3, 0.4) is 0 Å². The third-order valence-corrected chi connectivity index (χ3v) is 6.61. The summed E-state index contributed by atoms with van der Waals surface area (Å²) in [5, 5.41) is 16.1. The minimum atomic E-state index is -0.619. The summed E-state index contributed by atoms with van der Waals surface area (Å²) in [5.74, 6) is -1.07. The van der Waals surface area contributed by atoms with Crippen molar-refractivity contribution in [2.75, 3.05) is 0 Å². The summed E-state index contributed by atoms with van der Waals surface area (Å²) in [6, 6.07) is 16.5. The van der Waals surface area contributed by atoms with Gasteiger partial charge in [0.15, 0.2) is 0 Å². The maximum Gasteiger partial charge on any atom is 3.00 e. The van der Waals surface area contributed by atoms with Gasteiger partial charge in [-0.2, -0.15) is 22.3 Å². The van der Waals surface area contributed by atoms with Crippen molar-refractivity contribution in [3.05, 3.63) is 137 Å². The first-order valence-electron chi connectivity index (χ1n) is 14.7. The van der Waals surface area contributed by atoms with Crippen molar-refractivity contribution in [3.63, 3.8) is 0 Å². The van der Waals surface area contributed by atoms with E-state index in [-0.39, 0.29) is 44.0 Å². The van der Waals surface area contributed by atoms with Gasteiger partial charge in [-0.25, -0.2) is 0 Å². The number of hydrogen-bond donors (Lipinski definition) is 0. The Morgan fingerprint density at radius 2 is 1.25 bits per heavy atom. The molecule has 0 N–H and O–H groups in total. The normalized spacial score (nSPS) is 11.1. The van der Waals surface area contributed by atoms with Crippen molar-refractivity contribution in [1.29, 1.82) is 0 Å².